The minimum absolute atomic E-state index is 0.101. The number of aryl methyl sites for hydroxylation is 2. The highest BCUT2D eigenvalue weighted by Gasteiger charge is 2.32. The Balaban J connectivity index is 2.67. The Labute approximate surface area is 121 Å². The average Bonchev–Trinajstić information content (AvgIpc) is 2.72. The summed E-state index contributed by atoms with van der Waals surface area (Å²) in [5.41, 5.74) is 9.23. The van der Waals surface area contributed by atoms with Gasteiger partial charge in [0.05, 0.1) is 5.69 Å². The van der Waals surface area contributed by atoms with Crippen molar-refractivity contribution >= 4 is 17.1 Å². The van der Waals surface area contributed by atoms with Gasteiger partial charge in [-0.15, -0.1) is 0 Å². The van der Waals surface area contributed by atoms with Crippen LogP contribution in [0.15, 0.2) is 0 Å². The van der Waals surface area contributed by atoms with Crippen LogP contribution < -0.4 is 5.73 Å². The van der Waals surface area contributed by atoms with Crippen LogP contribution in [-0.4, -0.2) is 19.3 Å². The predicted molar refractivity (Wildman–Crippen MR) is 83.7 cm³/mol. The molecule has 20 heavy (non-hydrogen) atoms. The van der Waals surface area contributed by atoms with Crippen molar-refractivity contribution in [3.63, 3.8) is 0 Å². The van der Waals surface area contributed by atoms with E-state index in [0.29, 0.717) is 5.95 Å². The first kappa shape index (κ1) is 14.9. The molecule has 0 bridgehead atoms. The fourth-order valence-electron chi connectivity index (χ4n) is 3.38. The first-order chi connectivity index (χ1) is 9.07. The fourth-order valence-corrected chi connectivity index (χ4v) is 3.38. The number of nitrogens with two attached hydrogens (primary N) is 1. The summed E-state index contributed by atoms with van der Waals surface area (Å²) in [4.78, 5) is 4.53. The van der Waals surface area contributed by atoms with Crippen molar-refractivity contribution in [2.24, 2.45) is 5.41 Å². The van der Waals surface area contributed by atoms with Gasteiger partial charge in [0.25, 0.3) is 0 Å². The summed E-state index contributed by atoms with van der Waals surface area (Å²) in [6.45, 7) is 16.1. The van der Waals surface area contributed by atoms with Crippen molar-refractivity contribution < 1.29 is 0 Å². The molecule has 2 heterocycles. The molecule has 0 aliphatic rings. The summed E-state index contributed by atoms with van der Waals surface area (Å²) in [6, 6.07) is 0. The Morgan fingerprint density at radius 1 is 1.15 bits per heavy atom. The second kappa shape index (κ2) is 4.50. The summed E-state index contributed by atoms with van der Waals surface area (Å²) in [5.74, 6) is 0.581. The Kier molecular flexibility index (Phi) is 3.35. The van der Waals surface area contributed by atoms with Crippen molar-refractivity contribution in [2.45, 2.75) is 67.0 Å². The van der Waals surface area contributed by atoms with Crippen LogP contribution in [-0.2, 0) is 12.1 Å². The number of rotatable bonds is 3. The normalized spacial score (nSPS) is 13.3. The molecule has 2 rings (SSSR count). The van der Waals surface area contributed by atoms with Crippen molar-refractivity contribution in [3.8, 4) is 0 Å². The minimum atomic E-state index is -0.101. The van der Waals surface area contributed by atoms with Crippen molar-refractivity contribution in [1.29, 1.82) is 0 Å². The molecule has 0 fully saturated rings. The highest BCUT2D eigenvalue weighted by Crippen LogP contribution is 2.36. The smallest absolute Gasteiger partial charge is 0.203 e. The van der Waals surface area contributed by atoms with Gasteiger partial charge in [0.2, 0.25) is 5.95 Å². The zero-order chi connectivity index (χ0) is 15.3. The molecule has 0 saturated carbocycles. The minimum Gasteiger partial charge on any atom is -0.369 e. The zero-order valence-electron chi connectivity index (χ0n) is 13.8. The summed E-state index contributed by atoms with van der Waals surface area (Å²) in [5, 5.41) is 4.56. The molecule has 2 aromatic heterocycles. The van der Waals surface area contributed by atoms with Gasteiger partial charge in [-0.3, -0.25) is 4.57 Å². The van der Waals surface area contributed by atoms with E-state index in [-0.39, 0.29) is 11.0 Å². The summed E-state index contributed by atoms with van der Waals surface area (Å²) in [7, 11) is 0. The topological polar surface area (TPSA) is 61.7 Å². The number of nitrogen functional groups attached to an aromatic ring is 1. The molecule has 2 N–H and O–H groups in total. The molecule has 0 atom stereocenters. The van der Waals surface area contributed by atoms with E-state index in [1.165, 1.54) is 0 Å². The second-order valence-corrected chi connectivity index (χ2v) is 7.43. The highest BCUT2D eigenvalue weighted by atomic mass is 15.4. The van der Waals surface area contributed by atoms with Crippen LogP contribution in [0.25, 0.3) is 11.2 Å². The van der Waals surface area contributed by atoms with Gasteiger partial charge < -0.3 is 5.73 Å². The molecule has 0 unspecified atom stereocenters. The molecule has 0 aliphatic carbocycles. The maximum Gasteiger partial charge on any atom is 0.203 e. The van der Waals surface area contributed by atoms with Gasteiger partial charge >= 0.3 is 0 Å². The maximum absolute atomic E-state index is 6.21. The lowest BCUT2D eigenvalue weighted by atomic mass is 9.81. The van der Waals surface area contributed by atoms with Crippen LogP contribution in [0.2, 0.25) is 0 Å². The van der Waals surface area contributed by atoms with Gasteiger partial charge in [-0.2, -0.15) is 5.10 Å². The third-order valence-corrected chi connectivity index (χ3v) is 3.60. The zero-order valence-corrected chi connectivity index (χ0v) is 13.8. The molecule has 0 amide bonds. The Morgan fingerprint density at radius 2 is 1.75 bits per heavy atom. The first-order valence-corrected chi connectivity index (χ1v) is 7.28. The molecular weight excluding hydrogens is 250 g/mol. The highest BCUT2D eigenvalue weighted by molar-refractivity contribution is 5.78. The molecule has 0 radical (unpaired) electrons. The van der Waals surface area contributed by atoms with Crippen molar-refractivity contribution in [1.82, 2.24) is 19.3 Å². The average molecular weight is 277 g/mol. The molecule has 0 spiro atoms. The number of anilines is 1. The van der Waals surface area contributed by atoms with E-state index < -0.39 is 0 Å². The van der Waals surface area contributed by atoms with E-state index in [4.69, 9.17) is 5.73 Å². The lowest BCUT2D eigenvalue weighted by molar-refractivity contribution is 0.220. The van der Waals surface area contributed by atoms with E-state index in [1.807, 2.05) is 11.6 Å². The molecule has 0 saturated heterocycles. The molecule has 0 aliphatic heterocycles. The maximum atomic E-state index is 6.21. The predicted octanol–water partition coefficient (Wildman–Crippen LogP) is 3.31. The van der Waals surface area contributed by atoms with Gasteiger partial charge in [0.15, 0.2) is 5.65 Å². The molecule has 5 nitrogen and oxygen atoms in total. The Hall–Kier alpha value is -1.52. The monoisotopic (exact) mass is 277 g/mol. The van der Waals surface area contributed by atoms with Crippen LogP contribution in [0, 0.1) is 12.3 Å². The van der Waals surface area contributed by atoms with Crippen molar-refractivity contribution in [2.75, 3.05) is 5.73 Å². The van der Waals surface area contributed by atoms with Gasteiger partial charge in [-0.25, -0.2) is 9.67 Å². The third-order valence-electron chi connectivity index (χ3n) is 3.60. The first-order valence-electron chi connectivity index (χ1n) is 7.28. The molecule has 5 heteroatoms. The van der Waals surface area contributed by atoms with E-state index >= 15 is 0 Å². The van der Waals surface area contributed by atoms with Crippen molar-refractivity contribution in [3.05, 3.63) is 5.69 Å². The number of fused-ring (bicyclic) bond motifs is 1. The van der Waals surface area contributed by atoms with Crippen LogP contribution in [0.1, 0.15) is 53.7 Å². The lowest BCUT2D eigenvalue weighted by Gasteiger charge is -2.34. The third kappa shape index (κ3) is 2.41. The SMILES string of the molecule is CCn1nc(C)c2nc(N)n(C(C)(C)CC(C)(C)C)c21. The molecule has 2 aromatic rings. The van der Waals surface area contributed by atoms with E-state index in [2.05, 4.69) is 56.2 Å². The van der Waals surface area contributed by atoms with E-state index in [9.17, 15) is 0 Å². The standard InChI is InChI=1S/C15H27N5/c1-8-19-12-11(10(2)18-19)17-13(16)20(12)15(6,7)9-14(3,4)5/h8-9H2,1-7H3,(H2,16,17). The Morgan fingerprint density at radius 3 is 2.25 bits per heavy atom. The van der Waals surface area contributed by atoms with Crippen LogP contribution in [0.4, 0.5) is 5.95 Å². The number of nitrogens with zero attached hydrogens (tertiary/aromatic N) is 4. The number of aromatic nitrogens is 4. The van der Waals surface area contributed by atoms with Gasteiger partial charge in [-0.05, 0) is 39.5 Å². The summed E-state index contributed by atoms with van der Waals surface area (Å²) < 4.78 is 4.15. The molecule has 0 aromatic carbocycles. The van der Waals surface area contributed by atoms with E-state index in [0.717, 1.165) is 29.8 Å². The lowest BCUT2D eigenvalue weighted by Crippen LogP contribution is -2.33. The van der Waals surface area contributed by atoms with E-state index in [1.54, 1.807) is 0 Å². The van der Waals surface area contributed by atoms with Gasteiger partial charge in [0, 0.05) is 12.1 Å². The quantitative estimate of drug-likeness (QED) is 0.936. The van der Waals surface area contributed by atoms with Gasteiger partial charge in [-0.1, -0.05) is 20.8 Å². The Bertz CT molecular complexity index is 625. The number of imidazole rings is 1. The molecule has 112 valence electrons. The largest absolute Gasteiger partial charge is 0.369 e. The fraction of sp³-hybridized carbons (Fsp3) is 0.733. The summed E-state index contributed by atoms with van der Waals surface area (Å²) in [6.07, 6.45) is 1.02. The van der Waals surface area contributed by atoms with Gasteiger partial charge in [0.1, 0.15) is 5.52 Å². The van der Waals surface area contributed by atoms with Crippen LogP contribution in [0.3, 0.4) is 0 Å². The van der Waals surface area contributed by atoms with Crippen LogP contribution in [0.5, 0.6) is 0 Å². The van der Waals surface area contributed by atoms with Crippen LogP contribution >= 0.6 is 0 Å². The number of hydrogen-bond donors (Lipinski definition) is 1. The summed E-state index contributed by atoms with van der Waals surface area (Å²) >= 11 is 0. The second-order valence-electron chi connectivity index (χ2n) is 7.43. The molecular formula is C15H27N5. The number of hydrogen-bond acceptors (Lipinski definition) is 3.